The van der Waals surface area contributed by atoms with Crippen molar-refractivity contribution in [1.82, 2.24) is 4.90 Å². The maximum absolute atomic E-state index is 11.4. The first-order chi connectivity index (χ1) is 5.81. The highest BCUT2D eigenvalue weighted by Crippen LogP contribution is 2.31. The van der Waals surface area contributed by atoms with Gasteiger partial charge in [-0.25, -0.2) is 0 Å². The largest absolute Gasteiger partial charge is 0.339 e. The van der Waals surface area contributed by atoms with E-state index in [1.54, 1.807) is 0 Å². The Balaban J connectivity index is 1.94. The Hall–Kier alpha value is -0.570. The third-order valence-electron chi connectivity index (χ3n) is 2.86. The second-order valence-corrected chi connectivity index (χ2v) is 3.92. The summed E-state index contributed by atoms with van der Waals surface area (Å²) in [4.78, 5) is 13.5. The first kappa shape index (κ1) is 8.05. The number of hydrogen-bond acceptors (Lipinski definition) is 2. The van der Waals surface area contributed by atoms with Crippen molar-refractivity contribution >= 4 is 5.91 Å². The van der Waals surface area contributed by atoms with Gasteiger partial charge in [0.05, 0.1) is 0 Å². The van der Waals surface area contributed by atoms with Crippen LogP contribution in [0.5, 0.6) is 0 Å². The van der Waals surface area contributed by atoms with E-state index in [2.05, 4.69) is 0 Å². The molecule has 0 bridgehead atoms. The zero-order valence-corrected chi connectivity index (χ0v) is 7.33. The van der Waals surface area contributed by atoms with E-state index in [1.165, 1.54) is 12.8 Å². The molecule has 0 aromatic heterocycles. The fourth-order valence-electron chi connectivity index (χ4n) is 1.87. The van der Waals surface area contributed by atoms with Gasteiger partial charge >= 0.3 is 0 Å². The van der Waals surface area contributed by atoms with Crippen molar-refractivity contribution in [2.45, 2.75) is 31.7 Å². The van der Waals surface area contributed by atoms with Crippen LogP contribution in [0.2, 0.25) is 0 Å². The molecule has 1 amide bonds. The molecule has 12 heavy (non-hydrogen) atoms. The first-order valence-electron chi connectivity index (χ1n) is 4.81. The summed E-state index contributed by atoms with van der Waals surface area (Å²) >= 11 is 0. The van der Waals surface area contributed by atoms with Crippen molar-refractivity contribution in [3.63, 3.8) is 0 Å². The van der Waals surface area contributed by atoms with Gasteiger partial charge in [0, 0.05) is 19.0 Å². The molecule has 68 valence electrons. The van der Waals surface area contributed by atoms with Crippen LogP contribution in [0.1, 0.15) is 25.7 Å². The van der Waals surface area contributed by atoms with Gasteiger partial charge in [0.1, 0.15) is 0 Å². The first-order valence-corrected chi connectivity index (χ1v) is 4.81. The Morgan fingerprint density at radius 2 is 2.17 bits per heavy atom. The zero-order valence-electron chi connectivity index (χ0n) is 7.33. The molecule has 1 heterocycles. The van der Waals surface area contributed by atoms with E-state index in [0.29, 0.717) is 17.9 Å². The summed E-state index contributed by atoms with van der Waals surface area (Å²) in [6.07, 6.45) is 4.14. The van der Waals surface area contributed by atoms with Crippen LogP contribution in [-0.2, 0) is 4.79 Å². The summed E-state index contributed by atoms with van der Waals surface area (Å²) in [6.45, 7) is 1.65. The predicted octanol–water partition coefficient (Wildman–Crippen LogP) is 0.346. The van der Waals surface area contributed by atoms with E-state index in [-0.39, 0.29) is 0 Å². The van der Waals surface area contributed by atoms with Crippen LogP contribution in [0.4, 0.5) is 0 Å². The van der Waals surface area contributed by atoms with Crippen molar-refractivity contribution in [3.05, 3.63) is 0 Å². The van der Waals surface area contributed by atoms with Gasteiger partial charge in [-0.3, -0.25) is 4.79 Å². The Kier molecular flexibility index (Phi) is 2.05. The summed E-state index contributed by atoms with van der Waals surface area (Å²) in [7, 11) is 0. The summed E-state index contributed by atoms with van der Waals surface area (Å²) in [5.74, 6) is 0.908. The fourth-order valence-corrected chi connectivity index (χ4v) is 1.87. The smallest absolute Gasteiger partial charge is 0.222 e. The number of likely N-dealkylation sites (tertiary alicyclic amines) is 1. The molecule has 1 saturated carbocycles. The van der Waals surface area contributed by atoms with E-state index in [0.717, 1.165) is 25.9 Å². The van der Waals surface area contributed by atoms with E-state index in [9.17, 15) is 4.79 Å². The second-order valence-electron chi connectivity index (χ2n) is 3.92. The van der Waals surface area contributed by atoms with Crippen LogP contribution < -0.4 is 5.73 Å². The maximum Gasteiger partial charge on any atom is 0.222 e. The molecule has 1 aliphatic heterocycles. The quantitative estimate of drug-likeness (QED) is 0.646. The molecule has 1 unspecified atom stereocenters. The Morgan fingerprint density at radius 3 is 2.75 bits per heavy atom. The molecule has 2 fully saturated rings. The number of carbonyl (C=O) groups excluding carboxylic acids is 1. The molecule has 2 N–H and O–H groups in total. The number of hydrogen-bond donors (Lipinski definition) is 1. The summed E-state index contributed by atoms with van der Waals surface area (Å²) in [5.41, 5.74) is 5.59. The van der Waals surface area contributed by atoms with Crippen molar-refractivity contribution < 1.29 is 4.79 Å². The average molecular weight is 168 g/mol. The van der Waals surface area contributed by atoms with Crippen LogP contribution in [0.15, 0.2) is 0 Å². The number of piperidine rings is 1. The standard InChI is InChI=1S/C9H16N2O/c10-5-7-1-4-9(12)11(6-7)8-2-3-8/h7-8H,1-6,10H2. The summed E-state index contributed by atoms with van der Waals surface area (Å²) in [5, 5.41) is 0. The molecule has 3 heteroatoms. The van der Waals surface area contributed by atoms with Crippen molar-refractivity contribution in [2.24, 2.45) is 11.7 Å². The SMILES string of the molecule is NCC1CCC(=O)N(C2CC2)C1. The van der Waals surface area contributed by atoms with Crippen LogP contribution in [0, 0.1) is 5.92 Å². The molecule has 0 aromatic rings. The molecule has 1 aliphatic carbocycles. The highest BCUT2D eigenvalue weighted by atomic mass is 16.2. The molecule has 2 aliphatic rings. The molecule has 3 nitrogen and oxygen atoms in total. The number of rotatable bonds is 2. The van der Waals surface area contributed by atoms with Crippen LogP contribution in [0.3, 0.4) is 0 Å². The third kappa shape index (κ3) is 1.46. The fraction of sp³-hybridized carbons (Fsp3) is 0.889. The van der Waals surface area contributed by atoms with Gasteiger partial charge in [-0.1, -0.05) is 0 Å². The highest BCUT2D eigenvalue weighted by Gasteiger charge is 2.35. The van der Waals surface area contributed by atoms with Gasteiger partial charge in [0.2, 0.25) is 5.91 Å². The highest BCUT2D eigenvalue weighted by molar-refractivity contribution is 5.77. The number of nitrogens with two attached hydrogens (primary N) is 1. The van der Waals surface area contributed by atoms with E-state index < -0.39 is 0 Å². The lowest BCUT2D eigenvalue weighted by atomic mass is 9.98. The monoisotopic (exact) mass is 168 g/mol. The lowest BCUT2D eigenvalue weighted by molar-refractivity contribution is -0.135. The van der Waals surface area contributed by atoms with Gasteiger partial charge in [-0.15, -0.1) is 0 Å². The number of carbonyl (C=O) groups is 1. The van der Waals surface area contributed by atoms with Crippen molar-refractivity contribution in [3.8, 4) is 0 Å². The average Bonchev–Trinajstić information content (AvgIpc) is 2.88. The summed E-state index contributed by atoms with van der Waals surface area (Å²) < 4.78 is 0. The lowest BCUT2D eigenvalue weighted by Crippen LogP contribution is -2.43. The van der Waals surface area contributed by atoms with Gasteiger partial charge in [-0.2, -0.15) is 0 Å². The van der Waals surface area contributed by atoms with Crippen LogP contribution >= 0.6 is 0 Å². The van der Waals surface area contributed by atoms with Crippen LogP contribution in [0.25, 0.3) is 0 Å². The van der Waals surface area contributed by atoms with E-state index in [1.807, 2.05) is 4.90 Å². The minimum atomic E-state index is 0.349. The molecule has 1 saturated heterocycles. The molecule has 0 radical (unpaired) electrons. The van der Waals surface area contributed by atoms with Crippen molar-refractivity contribution in [1.29, 1.82) is 0 Å². The van der Waals surface area contributed by atoms with Gasteiger partial charge < -0.3 is 10.6 Å². The molecule has 2 rings (SSSR count). The van der Waals surface area contributed by atoms with Gasteiger partial charge in [0.25, 0.3) is 0 Å². The number of nitrogens with zero attached hydrogens (tertiary/aromatic N) is 1. The van der Waals surface area contributed by atoms with E-state index >= 15 is 0 Å². The molecular weight excluding hydrogens is 152 g/mol. The normalized spacial score (nSPS) is 30.9. The van der Waals surface area contributed by atoms with Crippen molar-refractivity contribution in [2.75, 3.05) is 13.1 Å². The minimum absolute atomic E-state index is 0.349. The van der Waals surface area contributed by atoms with Gasteiger partial charge in [0.15, 0.2) is 0 Å². The predicted molar refractivity (Wildman–Crippen MR) is 46.5 cm³/mol. The lowest BCUT2D eigenvalue weighted by Gasteiger charge is -2.32. The molecule has 0 aromatic carbocycles. The third-order valence-corrected chi connectivity index (χ3v) is 2.86. The zero-order chi connectivity index (χ0) is 8.55. The molecular formula is C9H16N2O. The Bertz CT molecular complexity index is 189. The maximum atomic E-state index is 11.4. The Morgan fingerprint density at radius 1 is 1.42 bits per heavy atom. The van der Waals surface area contributed by atoms with E-state index in [4.69, 9.17) is 5.73 Å². The second kappa shape index (κ2) is 3.05. The van der Waals surface area contributed by atoms with Gasteiger partial charge in [-0.05, 0) is 31.7 Å². The number of amides is 1. The Labute approximate surface area is 72.9 Å². The summed E-state index contributed by atoms with van der Waals surface area (Å²) in [6, 6.07) is 0.576. The molecule has 0 spiro atoms. The molecule has 1 atom stereocenters. The van der Waals surface area contributed by atoms with Crippen LogP contribution in [-0.4, -0.2) is 29.9 Å². The minimum Gasteiger partial charge on any atom is -0.339 e. The topological polar surface area (TPSA) is 46.3 Å².